The maximum atomic E-state index is 4.52. The zero-order valence-electron chi connectivity index (χ0n) is 10.8. The van der Waals surface area contributed by atoms with Crippen molar-refractivity contribution in [3.05, 3.63) is 42.4 Å². The van der Waals surface area contributed by atoms with Gasteiger partial charge in [-0.3, -0.25) is 4.98 Å². The van der Waals surface area contributed by atoms with Crippen LogP contribution in [0.1, 0.15) is 12.5 Å². The third kappa shape index (κ3) is 1.45. The van der Waals surface area contributed by atoms with Crippen molar-refractivity contribution in [2.24, 2.45) is 0 Å². The molecule has 2 aromatic rings. The van der Waals surface area contributed by atoms with Crippen molar-refractivity contribution in [3.8, 4) is 0 Å². The lowest BCUT2D eigenvalue weighted by atomic mass is 10.2. The van der Waals surface area contributed by atoms with Crippen LogP contribution in [0.5, 0.6) is 0 Å². The van der Waals surface area contributed by atoms with E-state index in [1.807, 2.05) is 30.7 Å². The van der Waals surface area contributed by atoms with Gasteiger partial charge in [0.1, 0.15) is 6.17 Å². The topological polar surface area (TPSA) is 32.3 Å². The van der Waals surface area contributed by atoms with Crippen LogP contribution in [0.15, 0.2) is 36.8 Å². The Morgan fingerprint density at radius 1 is 1.17 bits per heavy atom. The molecule has 4 nitrogen and oxygen atoms in total. The molecule has 0 saturated carbocycles. The molecule has 2 aromatic heterocycles. The van der Waals surface area contributed by atoms with Crippen molar-refractivity contribution in [1.29, 1.82) is 0 Å². The fraction of sp³-hybridized carbons (Fsp3) is 0.286. The van der Waals surface area contributed by atoms with Crippen LogP contribution in [-0.2, 0) is 0 Å². The molecular weight excluding hydrogens is 224 g/mol. The quantitative estimate of drug-likeness (QED) is 0.767. The number of nitrogens with zero attached hydrogens (tertiary/aromatic N) is 4. The molecule has 18 heavy (non-hydrogen) atoms. The minimum absolute atomic E-state index is 0.260. The number of aryl methyl sites for hydroxylation is 1. The Morgan fingerprint density at radius 3 is 2.78 bits per heavy atom. The normalized spacial score (nSPS) is 18.1. The Bertz CT molecular complexity index is 582. The zero-order chi connectivity index (χ0) is 12.7. The van der Waals surface area contributed by atoms with Gasteiger partial charge in [0.05, 0.1) is 11.4 Å². The monoisotopic (exact) mass is 240 g/mol. The Balaban J connectivity index is 2.16. The Kier molecular flexibility index (Phi) is 2.44. The molecule has 0 N–H and O–H groups in total. The molecule has 0 bridgehead atoms. The van der Waals surface area contributed by atoms with E-state index in [4.69, 9.17) is 0 Å². The summed E-state index contributed by atoms with van der Waals surface area (Å²) in [6.07, 6.45) is 5.82. The summed E-state index contributed by atoms with van der Waals surface area (Å²) in [5.74, 6) is 1.02. The summed E-state index contributed by atoms with van der Waals surface area (Å²) >= 11 is 0. The Labute approximate surface area is 107 Å². The molecule has 0 saturated heterocycles. The molecule has 0 fully saturated rings. The average Bonchev–Trinajstić information content (AvgIpc) is 2.64. The predicted octanol–water partition coefficient (Wildman–Crippen LogP) is 2.72. The van der Waals surface area contributed by atoms with Crippen LogP contribution in [0.2, 0.25) is 0 Å². The minimum Gasteiger partial charge on any atom is -0.351 e. The maximum Gasteiger partial charge on any atom is 0.158 e. The van der Waals surface area contributed by atoms with Gasteiger partial charge in [-0.2, -0.15) is 0 Å². The summed E-state index contributed by atoms with van der Waals surface area (Å²) in [4.78, 5) is 13.2. The highest BCUT2D eigenvalue weighted by atomic mass is 15.4. The second-order valence-corrected chi connectivity index (χ2v) is 4.62. The molecular formula is C14H16N4. The van der Waals surface area contributed by atoms with Crippen molar-refractivity contribution in [3.63, 3.8) is 0 Å². The zero-order valence-corrected chi connectivity index (χ0v) is 10.8. The molecule has 1 unspecified atom stereocenters. The van der Waals surface area contributed by atoms with Crippen LogP contribution in [0.3, 0.4) is 0 Å². The van der Waals surface area contributed by atoms with E-state index in [0.717, 1.165) is 11.4 Å². The Hall–Kier alpha value is -2.10. The molecule has 1 aliphatic rings. The lowest BCUT2D eigenvalue weighted by Crippen LogP contribution is -2.36. The molecule has 0 aromatic carbocycles. The van der Waals surface area contributed by atoms with Gasteiger partial charge in [0.15, 0.2) is 5.82 Å². The molecule has 3 heterocycles. The van der Waals surface area contributed by atoms with Crippen molar-refractivity contribution >= 4 is 17.2 Å². The standard InChI is InChI=1S/C14H16N4/c1-10-9-15-8-6-12(10)18-11(2)17(3)13-5-4-7-16-14(13)18/h4-9,11H,1-3H3. The molecule has 4 heteroatoms. The minimum atomic E-state index is 0.260. The van der Waals surface area contributed by atoms with E-state index in [1.165, 1.54) is 11.4 Å². The molecule has 3 rings (SSSR count). The third-order valence-electron chi connectivity index (χ3n) is 3.56. The number of anilines is 3. The fourth-order valence-corrected chi connectivity index (χ4v) is 2.45. The van der Waals surface area contributed by atoms with Gasteiger partial charge < -0.3 is 9.80 Å². The van der Waals surface area contributed by atoms with E-state index in [2.05, 4.69) is 46.7 Å². The van der Waals surface area contributed by atoms with E-state index >= 15 is 0 Å². The van der Waals surface area contributed by atoms with Gasteiger partial charge >= 0.3 is 0 Å². The first-order valence-electron chi connectivity index (χ1n) is 6.08. The van der Waals surface area contributed by atoms with E-state index < -0.39 is 0 Å². The summed E-state index contributed by atoms with van der Waals surface area (Å²) in [6.45, 7) is 4.26. The SMILES string of the molecule is Cc1cnccc1N1c2ncccc2N(C)C1C. The van der Waals surface area contributed by atoms with E-state index in [-0.39, 0.29) is 6.17 Å². The summed E-state index contributed by atoms with van der Waals surface area (Å²) in [5, 5.41) is 0. The van der Waals surface area contributed by atoms with Gasteiger partial charge in [-0.25, -0.2) is 4.98 Å². The van der Waals surface area contributed by atoms with Gasteiger partial charge in [0.25, 0.3) is 0 Å². The van der Waals surface area contributed by atoms with E-state index in [9.17, 15) is 0 Å². The van der Waals surface area contributed by atoms with Crippen molar-refractivity contribution in [1.82, 2.24) is 9.97 Å². The number of pyridine rings is 2. The van der Waals surface area contributed by atoms with Gasteiger partial charge in [0, 0.05) is 25.6 Å². The molecule has 0 aliphatic carbocycles. The molecule has 0 amide bonds. The average molecular weight is 240 g/mol. The first kappa shape index (κ1) is 11.0. The predicted molar refractivity (Wildman–Crippen MR) is 73.2 cm³/mol. The Morgan fingerprint density at radius 2 is 2.00 bits per heavy atom. The second kappa shape index (κ2) is 3.98. The van der Waals surface area contributed by atoms with Crippen LogP contribution in [0, 0.1) is 6.92 Å². The first-order chi connectivity index (χ1) is 8.70. The number of hydrogen-bond donors (Lipinski definition) is 0. The molecule has 92 valence electrons. The highest BCUT2D eigenvalue weighted by Crippen LogP contribution is 2.41. The molecule has 0 radical (unpaired) electrons. The van der Waals surface area contributed by atoms with Gasteiger partial charge in [-0.15, -0.1) is 0 Å². The van der Waals surface area contributed by atoms with Crippen LogP contribution in [0.25, 0.3) is 0 Å². The highest BCUT2D eigenvalue weighted by Gasteiger charge is 2.32. The van der Waals surface area contributed by atoms with Crippen LogP contribution in [-0.4, -0.2) is 23.2 Å². The maximum absolute atomic E-state index is 4.52. The van der Waals surface area contributed by atoms with Crippen molar-refractivity contribution < 1.29 is 0 Å². The largest absolute Gasteiger partial charge is 0.351 e. The number of aromatic nitrogens is 2. The second-order valence-electron chi connectivity index (χ2n) is 4.62. The van der Waals surface area contributed by atoms with Crippen LogP contribution < -0.4 is 9.80 Å². The molecule has 0 spiro atoms. The fourth-order valence-electron chi connectivity index (χ4n) is 2.45. The summed E-state index contributed by atoms with van der Waals surface area (Å²) < 4.78 is 0. The lowest BCUT2D eigenvalue weighted by Gasteiger charge is -2.27. The lowest BCUT2D eigenvalue weighted by molar-refractivity contribution is 0.729. The summed E-state index contributed by atoms with van der Waals surface area (Å²) in [7, 11) is 2.10. The summed E-state index contributed by atoms with van der Waals surface area (Å²) in [5.41, 5.74) is 3.50. The van der Waals surface area contributed by atoms with Gasteiger partial charge in [-0.05, 0) is 37.6 Å². The molecule has 1 aliphatic heterocycles. The number of fused-ring (bicyclic) bond motifs is 1. The van der Waals surface area contributed by atoms with Crippen molar-refractivity contribution in [2.45, 2.75) is 20.0 Å². The first-order valence-corrected chi connectivity index (χ1v) is 6.08. The van der Waals surface area contributed by atoms with Gasteiger partial charge in [-0.1, -0.05) is 0 Å². The summed E-state index contributed by atoms with van der Waals surface area (Å²) in [6, 6.07) is 6.13. The third-order valence-corrected chi connectivity index (χ3v) is 3.56. The van der Waals surface area contributed by atoms with Crippen molar-refractivity contribution in [2.75, 3.05) is 16.8 Å². The van der Waals surface area contributed by atoms with Gasteiger partial charge in [0.2, 0.25) is 0 Å². The number of hydrogen-bond acceptors (Lipinski definition) is 4. The van der Waals surface area contributed by atoms with E-state index in [0.29, 0.717) is 0 Å². The van der Waals surface area contributed by atoms with Crippen LogP contribution >= 0.6 is 0 Å². The highest BCUT2D eigenvalue weighted by molar-refractivity contribution is 5.80. The molecule has 1 atom stereocenters. The van der Waals surface area contributed by atoms with Crippen LogP contribution in [0.4, 0.5) is 17.2 Å². The number of rotatable bonds is 1. The smallest absolute Gasteiger partial charge is 0.158 e. The van der Waals surface area contributed by atoms with E-state index in [1.54, 1.807) is 0 Å².